The van der Waals surface area contributed by atoms with Crippen molar-refractivity contribution in [2.75, 3.05) is 10.0 Å². The zero-order valence-electron chi connectivity index (χ0n) is 18.2. The summed E-state index contributed by atoms with van der Waals surface area (Å²) in [5.74, 6) is -0.122. The van der Waals surface area contributed by atoms with Crippen molar-refractivity contribution in [2.24, 2.45) is 0 Å². The van der Waals surface area contributed by atoms with Gasteiger partial charge in [-0.2, -0.15) is 4.98 Å². The number of nitrogens with zero attached hydrogens (tertiary/aromatic N) is 2. The summed E-state index contributed by atoms with van der Waals surface area (Å²) in [6.45, 7) is 1.64. The molecule has 0 saturated carbocycles. The number of para-hydroxylation sites is 2. The number of hydrogen-bond acceptors (Lipinski definition) is 6. The molecule has 0 spiro atoms. The van der Waals surface area contributed by atoms with Gasteiger partial charge in [0.1, 0.15) is 5.82 Å². The average molecular weight is 481 g/mol. The molecule has 10 heteroatoms. The number of benzene rings is 3. The van der Waals surface area contributed by atoms with Crippen molar-refractivity contribution >= 4 is 27.3 Å². The normalized spacial score (nSPS) is 11.2. The van der Waals surface area contributed by atoms with Crippen LogP contribution < -0.4 is 10.0 Å². The second-order valence-corrected chi connectivity index (χ2v) is 9.17. The monoisotopic (exact) mass is 480 g/mol. The first kappa shape index (κ1) is 23.1. The fourth-order valence-corrected chi connectivity index (χ4v) is 4.28. The molecule has 0 bridgehead atoms. The third-order valence-corrected chi connectivity index (χ3v) is 6.33. The minimum atomic E-state index is -3.81. The van der Waals surface area contributed by atoms with Gasteiger partial charge in [-0.25, -0.2) is 12.8 Å². The van der Waals surface area contributed by atoms with Crippen molar-refractivity contribution in [1.29, 1.82) is 0 Å². The van der Waals surface area contributed by atoms with Crippen LogP contribution in [-0.2, 0) is 21.2 Å². The van der Waals surface area contributed by atoms with Crippen LogP contribution in [0.5, 0.6) is 0 Å². The molecular formula is C24H21FN4O4S. The van der Waals surface area contributed by atoms with Crippen molar-refractivity contribution in [3.63, 3.8) is 0 Å². The topological polar surface area (TPSA) is 114 Å². The number of sulfonamides is 1. The molecule has 4 aromatic rings. The first-order valence-corrected chi connectivity index (χ1v) is 11.9. The molecule has 8 nitrogen and oxygen atoms in total. The molecule has 0 fully saturated rings. The molecule has 0 aliphatic heterocycles. The van der Waals surface area contributed by atoms with Gasteiger partial charge in [0.05, 0.1) is 16.3 Å². The van der Waals surface area contributed by atoms with E-state index in [1.165, 1.54) is 18.2 Å². The number of hydrogen-bond donors (Lipinski definition) is 2. The molecule has 0 atom stereocenters. The Morgan fingerprint density at radius 2 is 1.71 bits per heavy atom. The highest BCUT2D eigenvalue weighted by Gasteiger charge is 2.17. The van der Waals surface area contributed by atoms with Crippen LogP contribution in [0.4, 0.5) is 15.8 Å². The number of carbonyl (C=O) groups excluding carboxylic acids is 1. The second kappa shape index (κ2) is 9.84. The first-order valence-electron chi connectivity index (χ1n) is 10.4. The van der Waals surface area contributed by atoms with E-state index in [1.807, 2.05) is 0 Å². The zero-order chi connectivity index (χ0) is 24.1. The van der Waals surface area contributed by atoms with Crippen molar-refractivity contribution < 1.29 is 22.1 Å². The molecule has 174 valence electrons. The summed E-state index contributed by atoms with van der Waals surface area (Å²) in [6.07, 6.45) is 0.209. The summed E-state index contributed by atoms with van der Waals surface area (Å²) in [6, 6.07) is 18.9. The first-order chi connectivity index (χ1) is 16.3. The van der Waals surface area contributed by atoms with Crippen molar-refractivity contribution in [3.05, 3.63) is 90.1 Å². The summed E-state index contributed by atoms with van der Waals surface area (Å²) in [5, 5.41) is 6.60. The van der Waals surface area contributed by atoms with E-state index in [0.717, 1.165) is 0 Å². The van der Waals surface area contributed by atoms with Crippen molar-refractivity contribution in [1.82, 2.24) is 10.1 Å². The molecule has 0 aliphatic carbocycles. The number of nitrogens with one attached hydrogen (secondary N) is 2. The predicted octanol–water partition coefficient (Wildman–Crippen LogP) is 4.56. The van der Waals surface area contributed by atoms with E-state index in [1.54, 1.807) is 61.5 Å². The Labute approximate surface area is 195 Å². The Bertz CT molecular complexity index is 1420. The minimum Gasteiger partial charge on any atom is -0.339 e. The summed E-state index contributed by atoms with van der Waals surface area (Å²) in [4.78, 5) is 16.9. The van der Waals surface area contributed by atoms with Crippen LogP contribution >= 0.6 is 0 Å². The Hall–Kier alpha value is -4.05. The molecule has 4 rings (SSSR count). The molecule has 0 aliphatic rings. The Kier molecular flexibility index (Phi) is 6.69. The maximum absolute atomic E-state index is 13.5. The van der Waals surface area contributed by atoms with Gasteiger partial charge in [-0.1, -0.05) is 35.5 Å². The van der Waals surface area contributed by atoms with Gasteiger partial charge >= 0.3 is 0 Å². The predicted molar refractivity (Wildman–Crippen MR) is 125 cm³/mol. The Morgan fingerprint density at radius 3 is 2.44 bits per heavy atom. The lowest BCUT2D eigenvalue weighted by atomic mass is 10.1. The van der Waals surface area contributed by atoms with Crippen LogP contribution in [0.2, 0.25) is 0 Å². The van der Waals surface area contributed by atoms with E-state index < -0.39 is 10.0 Å². The molecule has 2 N–H and O–H groups in total. The standard InChI is InChI=1S/C24H21FN4O4S/c1-16-15-17(11-12-19(16)25)24-27-23(33-28-24)14-13-22(30)26-20-9-5-6-10-21(20)29-34(31,32)18-7-3-2-4-8-18/h2-12,15,29H,13-14H2,1H3,(H,26,30). The Morgan fingerprint density at radius 1 is 1.00 bits per heavy atom. The molecule has 0 radical (unpaired) electrons. The summed E-state index contributed by atoms with van der Waals surface area (Å²) in [5.41, 5.74) is 1.63. The van der Waals surface area contributed by atoms with Crippen LogP contribution in [0.3, 0.4) is 0 Å². The van der Waals surface area contributed by atoms with E-state index in [9.17, 15) is 17.6 Å². The largest absolute Gasteiger partial charge is 0.339 e. The quantitative estimate of drug-likeness (QED) is 0.382. The van der Waals surface area contributed by atoms with Gasteiger partial charge in [-0.3, -0.25) is 9.52 Å². The smallest absolute Gasteiger partial charge is 0.261 e. The lowest BCUT2D eigenvalue weighted by molar-refractivity contribution is -0.116. The number of aryl methyl sites for hydroxylation is 2. The van der Waals surface area contributed by atoms with Gasteiger partial charge in [0.15, 0.2) is 0 Å². The molecule has 0 saturated heterocycles. The van der Waals surface area contributed by atoms with E-state index >= 15 is 0 Å². The fourth-order valence-electron chi connectivity index (χ4n) is 3.18. The fraction of sp³-hybridized carbons (Fsp3) is 0.125. The van der Waals surface area contributed by atoms with Gasteiger partial charge < -0.3 is 9.84 Å². The van der Waals surface area contributed by atoms with E-state index in [2.05, 4.69) is 20.2 Å². The van der Waals surface area contributed by atoms with Crippen molar-refractivity contribution in [3.8, 4) is 11.4 Å². The maximum Gasteiger partial charge on any atom is 0.261 e. The highest BCUT2D eigenvalue weighted by Crippen LogP contribution is 2.25. The zero-order valence-corrected chi connectivity index (χ0v) is 19.0. The van der Waals surface area contributed by atoms with E-state index in [-0.39, 0.29) is 41.0 Å². The van der Waals surface area contributed by atoms with Gasteiger partial charge in [0, 0.05) is 18.4 Å². The van der Waals surface area contributed by atoms with Crippen LogP contribution in [0.15, 0.2) is 82.2 Å². The number of rotatable bonds is 8. The van der Waals surface area contributed by atoms with Gasteiger partial charge in [0.2, 0.25) is 17.6 Å². The lowest BCUT2D eigenvalue weighted by Gasteiger charge is -2.13. The molecule has 1 aromatic heterocycles. The van der Waals surface area contributed by atoms with E-state index in [4.69, 9.17) is 4.52 Å². The molecule has 3 aromatic carbocycles. The maximum atomic E-state index is 13.5. The van der Waals surface area contributed by atoms with Crippen molar-refractivity contribution in [2.45, 2.75) is 24.7 Å². The number of halogens is 1. The van der Waals surface area contributed by atoms with Crippen LogP contribution in [0.1, 0.15) is 17.9 Å². The second-order valence-electron chi connectivity index (χ2n) is 7.49. The Balaban J connectivity index is 1.40. The number of aromatic nitrogens is 2. The third kappa shape index (κ3) is 5.46. The van der Waals surface area contributed by atoms with Gasteiger partial charge in [0.25, 0.3) is 10.0 Å². The summed E-state index contributed by atoms with van der Waals surface area (Å²) >= 11 is 0. The van der Waals surface area contributed by atoms with E-state index in [0.29, 0.717) is 22.6 Å². The number of carbonyl (C=O) groups is 1. The van der Waals surface area contributed by atoms with Crippen LogP contribution in [0.25, 0.3) is 11.4 Å². The summed E-state index contributed by atoms with van der Waals surface area (Å²) < 4.78 is 46.4. The molecule has 1 amide bonds. The van der Waals surface area contributed by atoms with Crippen LogP contribution in [-0.4, -0.2) is 24.5 Å². The SMILES string of the molecule is Cc1cc(-c2noc(CCC(=O)Nc3ccccc3NS(=O)(=O)c3ccccc3)n2)ccc1F. The van der Waals surface area contributed by atoms with Gasteiger partial charge in [-0.05, 0) is 55.0 Å². The molecule has 1 heterocycles. The highest BCUT2D eigenvalue weighted by molar-refractivity contribution is 7.92. The molecule has 34 heavy (non-hydrogen) atoms. The minimum absolute atomic E-state index is 0.0316. The average Bonchev–Trinajstić information content (AvgIpc) is 3.30. The number of anilines is 2. The molecular weight excluding hydrogens is 459 g/mol. The lowest BCUT2D eigenvalue weighted by Crippen LogP contribution is -2.17. The molecule has 0 unspecified atom stereocenters. The highest BCUT2D eigenvalue weighted by atomic mass is 32.2. The summed E-state index contributed by atoms with van der Waals surface area (Å²) in [7, 11) is -3.81. The van der Waals surface area contributed by atoms with Crippen LogP contribution in [0, 0.1) is 12.7 Å². The third-order valence-electron chi connectivity index (χ3n) is 4.95. The number of amides is 1. The van der Waals surface area contributed by atoms with Gasteiger partial charge in [-0.15, -0.1) is 0 Å².